The third kappa shape index (κ3) is 4.11. The number of nitrogen functional groups attached to an aromatic ring is 1. The summed E-state index contributed by atoms with van der Waals surface area (Å²) < 4.78 is 11.2. The Morgan fingerprint density at radius 2 is 2.00 bits per heavy atom. The molecule has 7 nitrogen and oxygen atoms in total. The molecule has 1 atom stereocenters. The van der Waals surface area contributed by atoms with Gasteiger partial charge in [0.05, 0.1) is 0 Å². The van der Waals surface area contributed by atoms with E-state index in [0.29, 0.717) is 37.1 Å². The summed E-state index contributed by atoms with van der Waals surface area (Å²) in [6.07, 6.45) is 2.32. The number of nitrogens with zero attached hydrogens (tertiary/aromatic N) is 2. The summed E-state index contributed by atoms with van der Waals surface area (Å²) in [6, 6.07) is 7.18. The SMILES string of the molecule is CC(=O)NC(Cc1ccc(N)cc1)c1nnc(C2CCOCC2)o1. The summed E-state index contributed by atoms with van der Waals surface area (Å²) in [7, 11) is 0. The van der Waals surface area contributed by atoms with Crippen LogP contribution in [0.4, 0.5) is 5.69 Å². The first-order chi connectivity index (χ1) is 11.6. The fourth-order valence-corrected chi connectivity index (χ4v) is 2.83. The third-order valence-electron chi connectivity index (χ3n) is 4.12. The minimum atomic E-state index is -0.354. The van der Waals surface area contributed by atoms with Crippen LogP contribution in [0.25, 0.3) is 0 Å². The summed E-state index contributed by atoms with van der Waals surface area (Å²) in [5, 5.41) is 11.2. The van der Waals surface area contributed by atoms with E-state index in [9.17, 15) is 4.79 Å². The van der Waals surface area contributed by atoms with Gasteiger partial charge in [0.1, 0.15) is 6.04 Å². The van der Waals surface area contributed by atoms with Crippen LogP contribution in [-0.4, -0.2) is 29.3 Å². The molecular formula is C17H22N4O3. The highest BCUT2D eigenvalue weighted by atomic mass is 16.5. The lowest BCUT2D eigenvalue weighted by Gasteiger charge is -2.18. The number of benzene rings is 1. The molecule has 128 valence electrons. The van der Waals surface area contributed by atoms with E-state index < -0.39 is 0 Å². The van der Waals surface area contributed by atoms with Crippen LogP contribution in [0.2, 0.25) is 0 Å². The number of carbonyl (C=O) groups is 1. The number of amides is 1. The minimum absolute atomic E-state index is 0.138. The molecule has 1 aliphatic heterocycles. The van der Waals surface area contributed by atoms with Crippen molar-refractivity contribution in [3.8, 4) is 0 Å². The van der Waals surface area contributed by atoms with Gasteiger partial charge in [-0.2, -0.15) is 0 Å². The Hall–Kier alpha value is -2.41. The Morgan fingerprint density at radius 3 is 2.67 bits per heavy atom. The number of nitrogens with two attached hydrogens (primary N) is 1. The first-order valence-corrected chi connectivity index (χ1v) is 8.14. The van der Waals surface area contributed by atoms with Gasteiger partial charge in [-0.05, 0) is 30.5 Å². The first kappa shape index (κ1) is 16.4. The Kier molecular flexibility index (Phi) is 5.10. The molecule has 3 N–H and O–H groups in total. The molecule has 3 rings (SSSR count). The number of nitrogens with one attached hydrogen (secondary N) is 1. The largest absolute Gasteiger partial charge is 0.423 e. The lowest BCUT2D eigenvalue weighted by atomic mass is 10.0. The smallest absolute Gasteiger partial charge is 0.239 e. The van der Waals surface area contributed by atoms with Crippen molar-refractivity contribution in [3.05, 3.63) is 41.6 Å². The molecule has 0 spiro atoms. The van der Waals surface area contributed by atoms with E-state index in [4.69, 9.17) is 14.9 Å². The van der Waals surface area contributed by atoms with Crippen LogP contribution in [0, 0.1) is 0 Å². The molecule has 7 heteroatoms. The van der Waals surface area contributed by atoms with Gasteiger partial charge in [-0.25, -0.2) is 0 Å². The van der Waals surface area contributed by atoms with E-state index in [0.717, 1.165) is 18.4 Å². The van der Waals surface area contributed by atoms with Crippen LogP contribution in [0.1, 0.15) is 49.1 Å². The van der Waals surface area contributed by atoms with Crippen molar-refractivity contribution in [2.45, 2.75) is 38.1 Å². The number of hydrogen-bond acceptors (Lipinski definition) is 6. The number of carbonyl (C=O) groups excluding carboxylic acids is 1. The predicted octanol–water partition coefficient (Wildman–Crippen LogP) is 1.97. The lowest BCUT2D eigenvalue weighted by Crippen LogP contribution is -2.28. The summed E-state index contributed by atoms with van der Waals surface area (Å²) >= 11 is 0. The number of ether oxygens (including phenoxy) is 1. The van der Waals surface area contributed by atoms with Crippen molar-refractivity contribution in [2.24, 2.45) is 0 Å². The topological polar surface area (TPSA) is 103 Å². The highest BCUT2D eigenvalue weighted by Crippen LogP contribution is 2.27. The average Bonchev–Trinajstić information content (AvgIpc) is 3.07. The van der Waals surface area contributed by atoms with Crippen LogP contribution in [-0.2, 0) is 16.0 Å². The zero-order valence-corrected chi connectivity index (χ0v) is 13.7. The normalized spacial score (nSPS) is 16.7. The standard InChI is InChI=1S/C17H22N4O3/c1-11(22)19-15(10-12-2-4-14(18)5-3-12)17-21-20-16(24-17)13-6-8-23-9-7-13/h2-5,13,15H,6-10,18H2,1H3,(H,19,22). The molecule has 1 unspecified atom stereocenters. The van der Waals surface area contributed by atoms with Crippen molar-refractivity contribution < 1.29 is 13.9 Å². The summed E-state index contributed by atoms with van der Waals surface area (Å²) in [4.78, 5) is 11.5. The maximum absolute atomic E-state index is 11.5. The van der Waals surface area contributed by atoms with Crippen molar-refractivity contribution in [3.63, 3.8) is 0 Å². The maximum atomic E-state index is 11.5. The van der Waals surface area contributed by atoms with Gasteiger partial charge in [0.25, 0.3) is 0 Å². The second-order valence-electron chi connectivity index (χ2n) is 6.06. The van der Waals surface area contributed by atoms with Gasteiger partial charge in [-0.1, -0.05) is 12.1 Å². The van der Waals surface area contributed by atoms with E-state index in [2.05, 4.69) is 15.5 Å². The van der Waals surface area contributed by atoms with Crippen LogP contribution < -0.4 is 11.1 Å². The molecule has 1 saturated heterocycles. The molecular weight excluding hydrogens is 308 g/mol. The zero-order valence-electron chi connectivity index (χ0n) is 13.7. The molecule has 2 heterocycles. The summed E-state index contributed by atoms with van der Waals surface area (Å²) in [5.41, 5.74) is 7.45. The average molecular weight is 330 g/mol. The van der Waals surface area contributed by atoms with Crippen molar-refractivity contribution in [2.75, 3.05) is 18.9 Å². The molecule has 1 amide bonds. The molecule has 0 bridgehead atoms. The minimum Gasteiger partial charge on any atom is -0.423 e. The molecule has 1 aromatic carbocycles. The Balaban J connectivity index is 1.76. The molecule has 1 fully saturated rings. The van der Waals surface area contributed by atoms with Crippen LogP contribution in [0.5, 0.6) is 0 Å². The van der Waals surface area contributed by atoms with Gasteiger partial charge in [0, 0.05) is 38.2 Å². The van der Waals surface area contributed by atoms with Crippen LogP contribution in [0.3, 0.4) is 0 Å². The molecule has 24 heavy (non-hydrogen) atoms. The first-order valence-electron chi connectivity index (χ1n) is 8.14. The van der Waals surface area contributed by atoms with Gasteiger partial charge in [0.15, 0.2) is 0 Å². The molecule has 0 saturated carbocycles. The molecule has 0 radical (unpaired) electrons. The van der Waals surface area contributed by atoms with Crippen molar-refractivity contribution in [1.29, 1.82) is 0 Å². The monoisotopic (exact) mass is 330 g/mol. The van der Waals surface area contributed by atoms with Gasteiger partial charge >= 0.3 is 0 Å². The number of aromatic nitrogens is 2. The Labute approximate surface area is 140 Å². The Morgan fingerprint density at radius 1 is 1.29 bits per heavy atom. The molecule has 0 aliphatic carbocycles. The van der Waals surface area contributed by atoms with Gasteiger partial charge in [-0.15, -0.1) is 10.2 Å². The molecule has 1 aliphatic rings. The highest BCUT2D eigenvalue weighted by Gasteiger charge is 2.25. The van der Waals surface area contributed by atoms with Crippen molar-refractivity contribution >= 4 is 11.6 Å². The second-order valence-corrected chi connectivity index (χ2v) is 6.06. The number of anilines is 1. The van der Waals surface area contributed by atoms with E-state index in [1.54, 1.807) is 0 Å². The van der Waals surface area contributed by atoms with Gasteiger partial charge < -0.3 is 20.2 Å². The highest BCUT2D eigenvalue weighted by molar-refractivity contribution is 5.73. The molecule has 2 aromatic rings. The summed E-state index contributed by atoms with van der Waals surface area (Å²) in [6.45, 7) is 2.90. The number of rotatable bonds is 5. The second kappa shape index (κ2) is 7.44. The van der Waals surface area contributed by atoms with Gasteiger partial charge in [0.2, 0.25) is 17.7 Å². The van der Waals surface area contributed by atoms with Crippen LogP contribution >= 0.6 is 0 Å². The Bertz CT molecular complexity index is 677. The van der Waals surface area contributed by atoms with Gasteiger partial charge in [-0.3, -0.25) is 4.79 Å². The quantitative estimate of drug-likeness (QED) is 0.812. The third-order valence-corrected chi connectivity index (χ3v) is 4.12. The van der Waals surface area contributed by atoms with E-state index >= 15 is 0 Å². The number of hydrogen-bond donors (Lipinski definition) is 2. The fraction of sp³-hybridized carbons (Fsp3) is 0.471. The maximum Gasteiger partial charge on any atom is 0.239 e. The van der Waals surface area contributed by atoms with E-state index in [-0.39, 0.29) is 17.9 Å². The lowest BCUT2D eigenvalue weighted by molar-refractivity contribution is -0.119. The molecule has 1 aromatic heterocycles. The predicted molar refractivity (Wildman–Crippen MR) is 88.2 cm³/mol. The zero-order chi connectivity index (χ0) is 16.9. The van der Waals surface area contributed by atoms with Crippen LogP contribution in [0.15, 0.2) is 28.7 Å². The summed E-state index contributed by atoms with van der Waals surface area (Å²) in [5.74, 6) is 1.15. The van der Waals surface area contributed by atoms with E-state index in [1.165, 1.54) is 6.92 Å². The van der Waals surface area contributed by atoms with E-state index in [1.807, 2.05) is 24.3 Å². The van der Waals surface area contributed by atoms with Crippen molar-refractivity contribution in [1.82, 2.24) is 15.5 Å². The fourth-order valence-electron chi connectivity index (χ4n) is 2.83.